The average Bonchev–Trinajstić information content (AvgIpc) is 2.93. The van der Waals surface area contributed by atoms with Crippen LogP contribution in [0.5, 0.6) is 0 Å². The number of allylic oxidation sites excluding steroid dienone is 8. The molecule has 0 heterocycles. The third kappa shape index (κ3) is 48.7. The molecule has 0 saturated carbocycles. The van der Waals surface area contributed by atoms with Crippen molar-refractivity contribution in [3.63, 3.8) is 0 Å². The fourth-order valence-electron chi connectivity index (χ4n) is 4.18. The van der Waals surface area contributed by atoms with E-state index in [1.54, 1.807) is 0 Å². The quantitative estimate of drug-likeness (QED) is 0.0526. The van der Waals surface area contributed by atoms with Crippen LogP contribution in [-0.4, -0.2) is 22.2 Å². The van der Waals surface area contributed by atoms with E-state index in [0.717, 1.165) is 51.4 Å². The zero-order chi connectivity index (χ0) is 29.8. The van der Waals surface area contributed by atoms with E-state index >= 15 is 0 Å². The maximum absolute atomic E-state index is 10.3. The minimum absolute atomic E-state index is 0. The van der Waals surface area contributed by atoms with Crippen LogP contribution in [0.3, 0.4) is 0 Å². The number of carboxylic acid groups (broad SMARTS) is 2. The van der Waals surface area contributed by atoms with Crippen LogP contribution >= 0.6 is 0 Å². The van der Waals surface area contributed by atoms with Crippen molar-refractivity contribution in [1.82, 2.24) is 0 Å². The summed E-state index contributed by atoms with van der Waals surface area (Å²) in [6, 6.07) is 0. The molecule has 0 unspecified atom stereocenters. The molecule has 41 heavy (non-hydrogen) atoms. The van der Waals surface area contributed by atoms with E-state index in [0.29, 0.717) is 12.8 Å². The second-order valence-electron chi connectivity index (χ2n) is 10.7. The molecular formula is C36H64O4Ti. The van der Waals surface area contributed by atoms with Gasteiger partial charge in [0.2, 0.25) is 0 Å². The van der Waals surface area contributed by atoms with Gasteiger partial charge in [-0.1, -0.05) is 127 Å². The standard InChI is InChI=1S/2C18H32O2.Ti/c2*1-2-3-4-5-6-7-8-9-10-11-12-13-14-15-16-17-18(19)20;/h2*6-7,9-10H,2-5,8,11-17H2,1H3,(H,19,20);/b2*7-6-,10-9-;. The van der Waals surface area contributed by atoms with E-state index in [-0.39, 0.29) is 21.7 Å². The molecule has 0 aliphatic carbocycles. The van der Waals surface area contributed by atoms with Crippen LogP contribution in [0.25, 0.3) is 0 Å². The van der Waals surface area contributed by atoms with Crippen molar-refractivity contribution in [2.45, 2.75) is 168 Å². The molecule has 0 aliphatic rings. The monoisotopic (exact) mass is 608 g/mol. The number of carbonyl (C=O) groups is 2. The van der Waals surface area contributed by atoms with Crippen molar-refractivity contribution in [1.29, 1.82) is 0 Å². The summed E-state index contributed by atoms with van der Waals surface area (Å²) in [7, 11) is 0. The summed E-state index contributed by atoms with van der Waals surface area (Å²) in [6.07, 6.45) is 44.6. The number of hydrogen-bond acceptors (Lipinski definition) is 2. The molecule has 0 radical (unpaired) electrons. The van der Waals surface area contributed by atoms with E-state index in [1.807, 2.05) is 0 Å². The normalized spacial score (nSPS) is 11.4. The molecule has 0 saturated heterocycles. The molecule has 0 spiro atoms. The van der Waals surface area contributed by atoms with Crippen molar-refractivity contribution < 1.29 is 41.5 Å². The molecule has 236 valence electrons. The van der Waals surface area contributed by atoms with Crippen molar-refractivity contribution in [3.05, 3.63) is 48.6 Å². The Bertz CT molecular complexity index is 596. The van der Waals surface area contributed by atoms with Crippen molar-refractivity contribution in [2.75, 3.05) is 0 Å². The molecule has 0 amide bonds. The molecule has 0 aromatic carbocycles. The minimum Gasteiger partial charge on any atom is -0.481 e. The Kier molecular flexibility index (Phi) is 43.8. The van der Waals surface area contributed by atoms with E-state index < -0.39 is 11.9 Å². The number of hydrogen-bond donors (Lipinski definition) is 2. The van der Waals surface area contributed by atoms with E-state index in [1.165, 1.54) is 89.9 Å². The van der Waals surface area contributed by atoms with Gasteiger partial charge in [-0.3, -0.25) is 9.59 Å². The van der Waals surface area contributed by atoms with Crippen molar-refractivity contribution in [3.8, 4) is 0 Å². The van der Waals surface area contributed by atoms with Gasteiger partial charge in [0.05, 0.1) is 0 Å². The fourth-order valence-corrected chi connectivity index (χ4v) is 4.18. The summed E-state index contributed by atoms with van der Waals surface area (Å²) in [5.74, 6) is -1.34. The van der Waals surface area contributed by atoms with Crippen LogP contribution in [-0.2, 0) is 31.3 Å². The summed E-state index contributed by atoms with van der Waals surface area (Å²) in [5, 5.41) is 17.0. The van der Waals surface area contributed by atoms with Crippen LogP contribution in [0.4, 0.5) is 0 Å². The number of unbranched alkanes of at least 4 members (excludes halogenated alkanes) is 16. The van der Waals surface area contributed by atoms with Gasteiger partial charge in [0.25, 0.3) is 0 Å². The molecule has 4 nitrogen and oxygen atoms in total. The molecule has 0 bridgehead atoms. The van der Waals surface area contributed by atoms with Crippen LogP contribution in [0.15, 0.2) is 48.6 Å². The van der Waals surface area contributed by atoms with Gasteiger partial charge in [0, 0.05) is 34.6 Å². The fraction of sp³-hybridized carbons (Fsp3) is 0.722. The van der Waals surface area contributed by atoms with Gasteiger partial charge in [-0.25, -0.2) is 0 Å². The molecule has 0 atom stereocenters. The first-order valence-corrected chi connectivity index (χ1v) is 16.6. The number of rotatable bonds is 28. The Morgan fingerprint density at radius 3 is 0.976 bits per heavy atom. The molecule has 2 N–H and O–H groups in total. The van der Waals surface area contributed by atoms with E-state index in [2.05, 4.69) is 62.5 Å². The van der Waals surface area contributed by atoms with Gasteiger partial charge in [-0.05, 0) is 77.0 Å². The van der Waals surface area contributed by atoms with Gasteiger partial charge < -0.3 is 10.2 Å². The second-order valence-corrected chi connectivity index (χ2v) is 10.7. The van der Waals surface area contributed by atoms with Crippen LogP contribution in [0.1, 0.15) is 168 Å². The zero-order valence-electron chi connectivity index (χ0n) is 26.8. The van der Waals surface area contributed by atoms with Gasteiger partial charge in [-0.2, -0.15) is 0 Å². The molecule has 0 rings (SSSR count). The SMILES string of the molecule is CCCCC/C=C\C/C=C\CCCCCCCC(=O)O.CCCCC/C=C\C/C=C\CCCCCCCC(=O)O.[Ti]. The Hall–Kier alpha value is -1.39. The molecular weight excluding hydrogens is 544 g/mol. The first-order valence-electron chi connectivity index (χ1n) is 16.6. The number of aliphatic carboxylic acids is 2. The summed E-state index contributed by atoms with van der Waals surface area (Å²) in [4.78, 5) is 20.6. The maximum Gasteiger partial charge on any atom is 0.303 e. The predicted octanol–water partition coefficient (Wildman–Crippen LogP) is 11.8. The van der Waals surface area contributed by atoms with Crippen molar-refractivity contribution in [2.24, 2.45) is 0 Å². The maximum atomic E-state index is 10.3. The molecule has 0 fully saturated rings. The van der Waals surface area contributed by atoms with Gasteiger partial charge in [-0.15, -0.1) is 0 Å². The Balaban J connectivity index is -0.000000688. The van der Waals surface area contributed by atoms with Crippen LogP contribution in [0, 0.1) is 0 Å². The number of carboxylic acids is 2. The van der Waals surface area contributed by atoms with Crippen molar-refractivity contribution >= 4 is 11.9 Å². The van der Waals surface area contributed by atoms with E-state index in [4.69, 9.17) is 10.2 Å². The Morgan fingerprint density at radius 1 is 0.415 bits per heavy atom. The van der Waals surface area contributed by atoms with Crippen LogP contribution in [0.2, 0.25) is 0 Å². The van der Waals surface area contributed by atoms with Gasteiger partial charge in [0.15, 0.2) is 0 Å². The summed E-state index contributed by atoms with van der Waals surface area (Å²) in [5.41, 5.74) is 0. The smallest absolute Gasteiger partial charge is 0.303 e. The molecule has 0 aromatic heterocycles. The zero-order valence-corrected chi connectivity index (χ0v) is 28.4. The summed E-state index contributed by atoms with van der Waals surface area (Å²) in [6.45, 7) is 4.47. The largest absolute Gasteiger partial charge is 0.481 e. The summed E-state index contributed by atoms with van der Waals surface area (Å²) >= 11 is 0. The predicted molar refractivity (Wildman–Crippen MR) is 174 cm³/mol. The molecule has 0 aromatic rings. The Morgan fingerprint density at radius 2 is 0.683 bits per heavy atom. The summed E-state index contributed by atoms with van der Waals surface area (Å²) < 4.78 is 0. The van der Waals surface area contributed by atoms with Gasteiger partial charge in [0.1, 0.15) is 0 Å². The third-order valence-corrected chi connectivity index (χ3v) is 6.68. The molecule has 0 aliphatic heterocycles. The first kappa shape index (κ1) is 44.1. The van der Waals surface area contributed by atoms with E-state index in [9.17, 15) is 9.59 Å². The van der Waals surface area contributed by atoms with Gasteiger partial charge >= 0.3 is 11.9 Å². The topological polar surface area (TPSA) is 74.6 Å². The average molecular weight is 609 g/mol. The molecule has 5 heteroatoms. The first-order chi connectivity index (χ1) is 19.5. The third-order valence-electron chi connectivity index (χ3n) is 6.68. The second kappa shape index (κ2) is 40.8. The Labute approximate surface area is 269 Å². The minimum atomic E-state index is -0.671. The van der Waals surface area contributed by atoms with Crippen LogP contribution < -0.4 is 0 Å².